The lowest BCUT2D eigenvalue weighted by Crippen LogP contribution is -2.44. The van der Waals surface area contributed by atoms with Gasteiger partial charge in [-0.25, -0.2) is 0 Å². The molecule has 0 saturated carbocycles. The van der Waals surface area contributed by atoms with Gasteiger partial charge in [-0.15, -0.1) is 0 Å². The number of nitrogens with zero attached hydrogens (tertiary/aromatic N) is 1. The zero-order chi connectivity index (χ0) is 19.8. The molecule has 1 heterocycles. The number of benzene rings is 2. The summed E-state index contributed by atoms with van der Waals surface area (Å²) in [4.78, 5) is 16.4. The highest BCUT2D eigenvalue weighted by atomic mass is 16.5. The molecule has 0 saturated heterocycles. The second-order valence-electron chi connectivity index (χ2n) is 6.42. The van der Waals surface area contributed by atoms with Gasteiger partial charge < -0.3 is 25.4 Å². The normalized spacial score (nSPS) is 15.4. The molecule has 1 amide bonds. The smallest absolute Gasteiger partial charge is 0.251 e. The number of hydrogen-bond donors (Lipinski definition) is 3. The van der Waals surface area contributed by atoms with Crippen molar-refractivity contribution >= 4 is 11.9 Å². The van der Waals surface area contributed by atoms with Gasteiger partial charge in [-0.05, 0) is 29.8 Å². The van der Waals surface area contributed by atoms with Crippen LogP contribution in [0.2, 0.25) is 0 Å². The van der Waals surface area contributed by atoms with Crippen molar-refractivity contribution in [1.82, 2.24) is 16.0 Å². The molecular weight excluding hydrogens is 356 g/mol. The Morgan fingerprint density at radius 2 is 1.96 bits per heavy atom. The summed E-state index contributed by atoms with van der Waals surface area (Å²) < 4.78 is 11.1. The maximum absolute atomic E-state index is 12.2. The van der Waals surface area contributed by atoms with Crippen molar-refractivity contribution in [1.29, 1.82) is 0 Å². The number of nitrogens with one attached hydrogen (secondary N) is 3. The molecule has 7 heteroatoms. The van der Waals surface area contributed by atoms with Gasteiger partial charge in [0, 0.05) is 32.1 Å². The molecule has 0 aromatic heterocycles. The molecule has 0 aliphatic carbocycles. The van der Waals surface area contributed by atoms with Crippen molar-refractivity contribution in [2.24, 2.45) is 4.99 Å². The first-order valence-electron chi connectivity index (χ1n) is 9.31. The second kappa shape index (κ2) is 9.64. The Morgan fingerprint density at radius 1 is 1.14 bits per heavy atom. The zero-order valence-electron chi connectivity index (χ0n) is 16.2. The fourth-order valence-electron chi connectivity index (χ4n) is 3.02. The number of carbonyl (C=O) groups is 1. The van der Waals surface area contributed by atoms with Gasteiger partial charge in [0.25, 0.3) is 5.91 Å². The van der Waals surface area contributed by atoms with Crippen LogP contribution in [0.1, 0.15) is 15.9 Å². The minimum atomic E-state index is -0.138. The number of fused-ring (bicyclic) bond motifs is 1. The van der Waals surface area contributed by atoms with E-state index in [1.165, 1.54) is 5.56 Å². The molecule has 1 aliphatic rings. The Kier molecular flexibility index (Phi) is 6.73. The van der Waals surface area contributed by atoms with Crippen molar-refractivity contribution < 1.29 is 14.3 Å². The third kappa shape index (κ3) is 5.16. The van der Waals surface area contributed by atoms with Crippen molar-refractivity contribution in [2.45, 2.75) is 12.5 Å². The maximum atomic E-state index is 12.2. The van der Waals surface area contributed by atoms with Crippen molar-refractivity contribution in [3.05, 3.63) is 59.7 Å². The number of guanidine groups is 1. The molecule has 1 unspecified atom stereocenters. The van der Waals surface area contributed by atoms with E-state index < -0.39 is 0 Å². The molecule has 0 fully saturated rings. The van der Waals surface area contributed by atoms with Gasteiger partial charge in [0.05, 0.1) is 13.7 Å². The lowest BCUT2D eigenvalue weighted by atomic mass is 10.1. The Bertz CT molecular complexity index is 813. The predicted molar refractivity (Wildman–Crippen MR) is 109 cm³/mol. The summed E-state index contributed by atoms with van der Waals surface area (Å²) in [6.07, 6.45) is 0.972. The SMILES string of the molecule is CN=C(NCCNC(=O)c1cccc(OC)c1)NCC1Cc2ccccc2O1. The highest BCUT2D eigenvalue weighted by Crippen LogP contribution is 2.27. The van der Waals surface area contributed by atoms with Crippen molar-refractivity contribution in [3.63, 3.8) is 0 Å². The van der Waals surface area contributed by atoms with Gasteiger partial charge in [0.1, 0.15) is 17.6 Å². The largest absolute Gasteiger partial charge is 0.497 e. The van der Waals surface area contributed by atoms with Gasteiger partial charge >= 0.3 is 0 Å². The fourth-order valence-corrected chi connectivity index (χ4v) is 3.02. The van der Waals surface area contributed by atoms with Crippen LogP contribution < -0.4 is 25.4 Å². The number of carbonyl (C=O) groups excluding carboxylic acids is 1. The summed E-state index contributed by atoms with van der Waals surface area (Å²) in [7, 11) is 3.29. The van der Waals surface area contributed by atoms with Crippen LogP contribution in [0.4, 0.5) is 0 Å². The van der Waals surface area contributed by atoms with Crippen LogP contribution in [0, 0.1) is 0 Å². The number of amides is 1. The molecule has 28 heavy (non-hydrogen) atoms. The first-order valence-corrected chi connectivity index (χ1v) is 9.31. The quantitative estimate of drug-likeness (QED) is 0.385. The van der Waals surface area contributed by atoms with Gasteiger partial charge in [-0.3, -0.25) is 9.79 Å². The van der Waals surface area contributed by atoms with Crippen LogP contribution in [0.25, 0.3) is 0 Å². The van der Waals surface area contributed by atoms with Crippen LogP contribution in [0.15, 0.2) is 53.5 Å². The van der Waals surface area contributed by atoms with Gasteiger partial charge in [0.15, 0.2) is 5.96 Å². The highest BCUT2D eigenvalue weighted by Gasteiger charge is 2.22. The second-order valence-corrected chi connectivity index (χ2v) is 6.42. The van der Waals surface area contributed by atoms with Crippen LogP contribution in [-0.2, 0) is 6.42 Å². The van der Waals surface area contributed by atoms with Crippen LogP contribution in [0.5, 0.6) is 11.5 Å². The third-order valence-electron chi connectivity index (χ3n) is 4.47. The number of rotatable bonds is 7. The van der Waals surface area contributed by atoms with E-state index in [0.717, 1.165) is 12.2 Å². The summed E-state index contributed by atoms with van der Waals surface area (Å²) in [6.45, 7) is 1.69. The van der Waals surface area contributed by atoms with Crippen LogP contribution in [-0.4, -0.2) is 51.8 Å². The van der Waals surface area contributed by atoms with E-state index in [-0.39, 0.29) is 12.0 Å². The molecule has 1 aliphatic heterocycles. The summed E-state index contributed by atoms with van der Waals surface area (Å²) in [5.74, 6) is 2.15. The molecule has 0 spiro atoms. The Hall–Kier alpha value is -3.22. The Balaban J connectivity index is 1.36. The molecular formula is C21H26N4O3. The summed E-state index contributed by atoms with van der Waals surface area (Å²) >= 11 is 0. The minimum Gasteiger partial charge on any atom is -0.497 e. The molecule has 3 N–H and O–H groups in total. The Labute approximate surface area is 165 Å². The first-order chi connectivity index (χ1) is 13.7. The number of methoxy groups -OCH3 is 1. The molecule has 148 valence electrons. The molecule has 0 radical (unpaired) electrons. The highest BCUT2D eigenvalue weighted by molar-refractivity contribution is 5.94. The van der Waals surface area contributed by atoms with E-state index in [0.29, 0.717) is 36.9 Å². The standard InChI is InChI=1S/C21H26N4O3/c1-22-21(25-14-18-12-15-6-3-4-9-19(15)28-18)24-11-10-23-20(26)16-7-5-8-17(13-16)27-2/h3-9,13,18H,10-12,14H2,1-2H3,(H,23,26)(H2,22,24,25). The van der Waals surface area contributed by atoms with E-state index in [4.69, 9.17) is 9.47 Å². The summed E-state index contributed by atoms with van der Waals surface area (Å²) in [5.41, 5.74) is 1.80. The minimum absolute atomic E-state index is 0.0868. The van der Waals surface area contributed by atoms with E-state index in [9.17, 15) is 4.79 Å². The number of ether oxygens (including phenoxy) is 2. The first kappa shape index (κ1) is 19.5. The maximum Gasteiger partial charge on any atom is 0.251 e. The molecule has 2 aromatic carbocycles. The monoisotopic (exact) mass is 382 g/mol. The van der Waals surface area contributed by atoms with E-state index in [2.05, 4.69) is 27.0 Å². The summed E-state index contributed by atoms with van der Waals surface area (Å²) in [6, 6.07) is 15.2. The van der Waals surface area contributed by atoms with E-state index in [1.54, 1.807) is 38.4 Å². The zero-order valence-corrected chi connectivity index (χ0v) is 16.2. The molecule has 7 nitrogen and oxygen atoms in total. The predicted octanol–water partition coefficient (Wildman–Crippen LogP) is 1.59. The fraction of sp³-hybridized carbons (Fsp3) is 0.333. The number of hydrogen-bond acceptors (Lipinski definition) is 4. The molecule has 0 bridgehead atoms. The Morgan fingerprint density at radius 3 is 2.75 bits per heavy atom. The average molecular weight is 382 g/mol. The van der Waals surface area contributed by atoms with Crippen molar-refractivity contribution in [3.8, 4) is 11.5 Å². The lowest BCUT2D eigenvalue weighted by Gasteiger charge is -2.15. The molecule has 3 rings (SSSR count). The average Bonchev–Trinajstić information content (AvgIpc) is 3.16. The third-order valence-corrected chi connectivity index (χ3v) is 4.47. The van der Waals surface area contributed by atoms with Crippen LogP contribution in [0.3, 0.4) is 0 Å². The number of para-hydroxylation sites is 1. The van der Waals surface area contributed by atoms with E-state index in [1.807, 2.05) is 18.2 Å². The lowest BCUT2D eigenvalue weighted by molar-refractivity contribution is 0.0954. The molecule has 2 aromatic rings. The van der Waals surface area contributed by atoms with E-state index >= 15 is 0 Å². The van der Waals surface area contributed by atoms with Gasteiger partial charge in [0.2, 0.25) is 0 Å². The van der Waals surface area contributed by atoms with Gasteiger partial charge in [-0.1, -0.05) is 24.3 Å². The molecule has 1 atom stereocenters. The number of aliphatic imine (C=N–C) groups is 1. The van der Waals surface area contributed by atoms with Crippen LogP contribution >= 0.6 is 0 Å². The van der Waals surface area contributed by atoms with Crippen molar-refractivity contribution in [2.75, 3.05) is 33.8 Å². The topological polar surface area (TPSA) is 84.0 Å². The van der Waals surface area contributed by atoms with Gasteiger partial charge in [-0.2, -0.15) is 0 Å². The summed E-state index contributed by atoms with van der Waals surface area (Å²) in [5, 5.41) is 9.33.